The van der Waals surface area contributed by atoms with Crippen molar-refractivity contribution in [2.45, 2.75) is 39.3 Å². The standard InChI is InChI=1S/C21H25NSi2/c1-23(2,3)15-13-18(14-16-24(4,5)6)17-20-12-11-19-9-7-8-10-21(19)22-20/h7-12,17H,1-6H3. The van der Waals surface area contributed by atoms with Crippen molar-refractivity contribution < 1.29 is 0 Å². The summed E-state index contributed by atoms with van der Waals surface area (Å²) in [6.07, 6.45) is 2.02. The SMILES string of the molecule is C[Si](C)(C)C#CC(C#C[Si](C)(C)C)=Cc1ccc2ccccc2n1. The Morgan fingerprint density at radius 2 is 1.42 bits per heavy atom. The maximum atomic E-state index is 4.71. The number of rotatable bonds is 1. The summed E-state index contributed by atoms with van der Waals surface area (Å²) < 4.78 is 0. The first-order valence-electron chi connectivity index (χ1n) is 8.26. The second-order valence-corrected chi connectivity index (χ2v) is 17.5. The lowest BCUT2D eigenvalue weighted by Crippen LogP contribution is -2.17. The van der Waals surface area contributed by atoms with Crippen LogP contribution in [-0.2, 0) is 0 Å². The summed E-state index contributed by atoms with van der Waals surface area (Å²) in [6.45, 7) is 13.5. The molecule has 1 aromatic carbocycles. The highest BCUT2D eigenvalue weighted by molar-refractivity contribution is 6.84. The predicted molar refractivity (Wildman–Crippen MR) is 112 cm³/mol. The lowest BCUT2D eigenvalue weighted by Gasteiger charge is -2.05. The van der Waals surface area contributed by atoms with Crippen molar-refractivity contribution >= 4 is 33.1 Å². The van der Waals surface area contributed by atoms with Crippen LogP contribution >= 0.6 is 0 Å². The van der Waals surface area contributed by atoms with E-state index >= 15 is 0 Å². The molecule has 0 aliphatic rings. The molecular weight excluding hydrogens is 322 g/mol. The van der Waals surface area contributed by atoms with Crippen LogP contribution in [0.5, 0.6) is 0 Å². The van der Waals surface area contributed by atoms with E-state index in [0.29, 0.717) is 0 Å². The summed E-state index contributed by atoms with van der Waals surface area (Å²) >= 11 is 0. The second-order valence-electron chi connectivity index (χ2n) is 7.99. The van der Waals surface area contributed by atoms with Gasteiger partial charge in [-0.1, -0.05) is 75.4 Å². The topological polar surface area (TPSA) is 12.9 Å². The molecule has 0 bridgehead atoms. The molecule has 1 heterocycles. The van der Waals surface area contributed by atoms with Gasteiger partial charge in [-0.25, -0.2) is 4.98 Å². The number of aromatic nitrogens is 1. The zero-order valence-corrected chi connectivity index (χ0v) is 17.5. The van der Waals surface area contributed by atoms with Crippen LogP contribution in [0.15, 0.2) is 42.0 Å². The van der Waals surface area contributed by atoms with E-state index in [-0.39, 0.29) is 0 Å². The average Bonchev–Trinajstić information content (AvgIpc) is 2.48. The molecule has 1 aromatic heterocycles. The van der Waals surface area contributed by atoms with Gasteiger partial charge in [-0.05, 0) is 18.2 Å². The van der Waals surface area contributed by atoms with Crippen molar-refractivity contribution in [3.05, 3.63) is 47.7 Å². The van der Waals surface area contributed by atoms with Crippen LogP contribution in [0.25, 0.3) is 17.0 Å². The summed E-state index contributed by atoms with van der Waals surface area (Å²) in [5, 5.41) is 1.15. The first kappa shape index (κ1) is 18.3. The van der Waals surface area contributed by atoms with Crippen LogP contribution in [0.1, 0.15) is 5.69 Å². The Kier molecular flexibility index (Phi) is 5.49. The average molecular weight is 348 g/mol. The van der Waals surface area contributed by atoms with Gasteiger partial charge in [0.1, 0.15) is 16.1 Å². The third kappa shape index (κ3) is 6.20. The molecular formula is C21H25NSi2. The minimum absolute atomic E-state index is 0.877. The summed E-state index contributed by atoms with van der Waals surface area (Å²) in [4.78, 5) is 4.71. The number of fused-ring (bicyclic) bond motifs is 1. The molecule has 0 amide bonds. The minimum Gasteiger partial charge on any atom is -0.248 e. The molecule has 0 radical (unpaired) electrons. The van der Waals surface area contributed by atoms with Crippen LogP contribution in [-0.4, -0.2) is 21.1 Å². The normalized spacial score (nSPS) is 11.1. The van der Waals surface area contributed by atoms with Gasteiger partial charge >= 0.3 is 0 Å². The Morgan fingerprint density at radius 3 is 2.00 bits per heavy atom. The highest BCUT2D eigenvalue weighted by atomic mass is 28.3. The van der Waals surface area contributed by atoms with Crippen molar-refractivity contribution in [3.63, 3.8) is 0 Å². The second kappa shape index (κ2) is 7.22. The third-order valence-corrected chi connectivity index (χ3v) is 4.81. The lowest BCUT2D eigenvalue weighted by atomic mass is 10.1. The fourth-order valence-electron chi connectivity index (χ4n) is 1.92. The molecule has 0 saturated heterocycles. The zero-order valence-electron chi connectivity index (χ0n) is 15.5. The molecule has 3 heteroatoms. The quantitative estimate of drug-likeness (QED) is 0.498. The molecule has 0 aliphatic carbocycles. The van der Waals surface area contributed by atoms with E-state index in [9.17, 15) is 0 Å². The van der Waals surface area contributed by atoms with Gasteiger partial charge in [0, 0.05) is 5.39 Å². The van der Waals surface area contributed by atoms with E-state index in [4.69, 9.17) is 4.98 Å². The van der Waals surface area contributed by atoms with Crippen molar-refractivity contribution in [2.24, 2.45) is 0 Å². The van der Waals surface area contributed by atoms with Crippen LogP contribution in [0.3, 0.4) is 0 Å². The van der Waals surface area contributed by atoms with Gasteiger partial charge < -0.3 is 0 Å². The van der Waals surface area contributed by atoms with Crippen LogP contribution in [0, 0.1) is 22.9 Å². The van der Waals surface area contributed by atoms with E-state index in [1.165, 1.54) is 0 Å². The summed E-state index contributed by atoms with van der Waals surface area (Å²) in [5.41, 5.74) is 9.64. The summed E-state index contributed by atoms with van der Waals surface area (Å²) in [5.74, 6) is 6.62. The highest BCUT2D eigenvalue weighted by Crippen LogP contribution is 2.14. The Balaban J connectivity index is 2.48. The third-order valence-electron chi connectivity index (χ3n) is 3.06. The smallest absolute Gasteiger partial charge is 0.129 e. The van der Waals surface area contributed by atoms with E-state index in [0.717, 1.165) is 22.2 Å². The minimum atomic E-state index is -1.43. The molecule has 0 unspecified atom stereocenters. The Morgan fingerprint density at radius 1 is 0.833 bits per heavy atom. The largest absolute Gasteiger partial charge is 0.248 e. The van der Waals surface area contributed by atoms with Gasteiger partial charge in [0.05, 0.1) is 16.8 Å². The number of hydrogen-bond donors (Lipinski definition) is 0. The molecule has 0 aliphatic heterocycles. The van der Waals surface area contributed by atoms with E-state index < -0.39 is 16.1 Å². The number of para-hydroxylation sites is 1. The molecule has 24 heavy (non-hydrogen) atoms. The fourth-order valence-corrected chi connectivity index (χ4v) is 2.94. The predicted octanol–water partition coefficient (Wildman–Crippen LogP) is 5.38. The molecule has 2 rings (SSSR count). The van der Waals surface area contributed by atoms with E-state index in [1.807, 2.05) is 30.3 Å². The fraction of sp³-hybridized carbons (Fsp3) is 0.286. The van der Waals surface area contributed by atoms with Crippen LogP contribution in [0.2, 0.25) is 39.3 Å². The van der Waals surface area contributed by atoms with Gasteiger partial charge in [0.25, 0.3) is 0 Å². The van der Waals surface area contributed by atoms with Gasteiger partial charge in [0.2, 0.25) is 0 Å². The molecule has 0 fully saturated rings. The molecule has 0 N–H and O–H groups in total. The summed E-state index contributed by atoms with van der Waals surface area (Å²) in [6, 6.07) is 12.3. The van der Waals surface area contributed by atoms with Crippen molar-refractivity contribution in [3.8, 4) is 22.9 Å². The highest BCUT2D eigenvalue weighted by Gasteiger charge is 2.09. The van der Waals surface area contributed by atoms with Gasteiger partial charge in [0.15, 0.2) is 0 Å². The number of hydrogen-bond acceptors (Lipinski definition) is 1. The Bertz CT molecular complexity index is 855. The molecule has 122 valence electrons. The Labute approximate surface area is 148 Å². The number of allylic oxidation sites excluding steroid dienone is 1. The van der Waals surface area contributed by atoms with Gasteiger partial charge in [-0.3, -0.25) is 0 Å². The van der Waals surface area contributed by atoms with Crippen molar-refractivity contribution in [1.29, 1.82) is 0 Å². The molecule has 0 atom stereocenters. The molecule has 1 nitrogen and oxygen atoms in total. The first-order chi connectivity index (χ1) is 11.1. The molecule has 2 aromatic rings. The summed E-state index contributed by atoms with van der Waals surface area (Å²) in [7, 11) is -2.87. The van der Waals surface area contributed by atoms with E-state index in [1.54, 1.807) is 0 Å². The van der Waals surface area contributed by atoms with E-state index in [2.05, 4.69) is 74.3 Å². The number of nitrogens with zero attached hydrogens (tertiary/aromatic N) is 1. The number of benzene rings is 1. The van der Waals surface area contributed by atoms with Crippen molar-refractivity contribution in [2.75, 3.05) is 0 Å². The van der Waals surface area contributed by atoms with Crippen LogP contribution in [0.4, 0.5) is 0 Å². The molecule has 0 spiro atoms. The van der Waals surface area contributed by atoms with Crippen LogP contribution < -0.4 is 0 Å². The monoisotopic (exact) mass is 347 g/mol. The number of pyridine rings is 1. The lowest BCUT2D eigenvalue weighted by molar-refractivity contribution is 1.37. The van der Waals surface area contributed by atoms with Crippen molar-refractivity contribution in [1.82, 2.24) is 4.98 Å². The zero-order chi connectivity index (χ0) is 17.8. The maximum Gasteiger partial charge on any atom is 0.129 e. The first-order valence-corrected chi connectivity index (χ1v) is 15.3. The Hall–Kier alpha value is -2.08. The van der Waals surface area contributed by atoms with Gasteiger partial charge in [-0.15, -0.1) is 11.1 Å². The molecule has 0 saturated carbocycles. The van der Waals surface area contributed by atoms with Gasteiger partial charge in [-0.2, -0.15) is 0 Å². The maximum absolute atomic E-state index is 4.71.